The van der Waals surface area contributed by atoms with E-state index in [-0.39, 0.29) is 0 Å². The smallest absolute Gasteiger partial charge is 0.171 e. The third-order valence-corrected chi connectivity index (χ3v) is 5.75. The minimum atomic E-state index is 0.412. The molecule has 0 radical (unpaired) electrons. The van der Waals surface area contributed by atoms with Crippen molar-refractivity contribution in [2.75, 3.05) is 0 Å². The fourth-order valence-corrected chi connectivity index (χ4v) is 4.30. The second-order valence-corrected chi connectivity index (χ2v) is 7.68. The Balaban J connectivity index is 2.03. The molecule has 0 fully saturated rings. The number of rotatable bonds is 2. The molecule has 4 aromatic rings. The molecule has 0 saturated carbocycles. The Morgan fingerprint density at radius 3 is 2.55 bits per heavy atom. The molecule has 110 valence electrons. The molecule has 0 aromatic carbocycles. The Hall–Kier alpha value is -1.92. The summed E-state index contributed by atoms with van der Waals surface area (Å²) in [4.78, 5) is 19.2. The molecule has 6 heteroatoms. The molecule has 22 heavy (non-hydrogen) atoms. The summed E-state index contributed by atoms with van der Waals surface area (Å²) < 4.78 is 1.12. The van der Waals surface area contributed by atoms with Crippen LogP contribution < -0.4 is 0 Å². The molecular formula is C16H14N4S2. The molecule has 0 N–H and O–H groups in total. The number of hydrogen-bond donors (Lipinski definition) is 0. The van der Waals surface area contributed by atoms with E-state index in [2.05, 4.69) is 28.8 Å². The lowest BCUT2D eigenvalue weighted by molar-refractivity contribution is 0.857. The van der Waals surface area contributed by atoms with Gasteiger partial charge in [0.05, 0.1) is 14.7 Å². The normalized spacial score (nSPS) is 11.8. The predicted molar refractivity (Wildman–Crippen MR) is 92.7 cm³/mol. The van der Waals surface area contributed by atoms with Crippen LogP contribution in [0, 0.1) is 6.92 Å². The van der Waals surface area contributed by atoms with Gasteiger partial charge in [-0.3, -0.25) is 0 Å². The maximum atomic E-state index is 4.82. The van der Waals surface area contributed by atoms with E-state index in [1.165, 1.54) is 0 Å². The van der Waals surface area contributed by atoms with E-state index >= 15 is 0 Å². The van der Waals surface area contributed by atoms with Crippen LogP contribution in [0.5, 0.6) is 0 Å². The van der Waals surface area contributed by atoms with Crippen molar-refractivity contribution < 1.29 is 0 Å². The molecular weight excluding hydrogens is 312 g/mol. The summed E-state index contributed by atoms with van der Waals surface area (Å²) in [5.41, 5.74) is 4.05. The number of fused-ring (bicyclic) bond motifs is 2. The Morgan fingerprint density at radius 2 is 1.73 bits per heavy atom. The minimum absolute atomic E-state index is 0.412. The van der Waals surface area contributed by atoms with Gasteiger partial charge in [-0.1, -0.05) is 25.2 Å². The Morgan fingerprint density at radius 1 is 0.955 bits per heavy atom. The molecule has 4 nitrogen and oxygen atoms in total. The molecule has 0 aliphatic heterocycles. The maximum absolute atomic E-state index is 4.82. The van der Waals surface area contributed by atoms with Crippen LogP contribution >= 0.6 is 22.7 Å². The summed E-state index contributed by atoms with van der Waals surface area (Å²) in [6.45, 7) is 6.33. The van der Waals surface area contributed by atoms with E-state index in [0.29, 0.717) is 5.92 Å². The molecule has 0 saturated heterocycles. The van der Waals surface area contributed by atoms with Crippen molar-refractivity contribution in [2.45, 2.75) is 26.7 Å². The summed E-state index contributed by atoms with van der Waals surface area (Å²) >= 11 is 3.35. The molecule has 0 aliphatic rings. The fourth-order valence-electron chi connectivity index (χ4n) is 2.46. The zero-order valence-corrected chi connectivity index (χ0v) is 14.1. The van der Waals surface area contributed by atoms with Crippen LogP contribution in [0.2, 0.25) is 0 Å². The fraction of sp³-hybridized carbons (Fsp3) is 0.250. The SMILES string of the molecule is Cc1nc2nccc(-c3ccnc4sc(C(C)C)nc34)c2s1. The lowest BCUT2D eigenvalue weighted by atomic mass is 10.1. The number of thiazole rings is 2. The van der Waals surface area contributed by atoms with Gasteiger partial charge >= 0.3 is 0 Å². The first kappa shape index (κ1) is 13.7. The van der Waals surface area contributed by atoms with E-state index in [0.717, 1.165) is 41.8 Å². The first-order valence-electron chi connectivity index (χ1n) is 7.11. The molecule has 4 heterocycles. The quantitative estimate of drug-likeness (QED) is 0.531. The van der Waals surface area contributed by atoms with Gasteiger partial charge < -0.3 is 0 Å². The highest BCUT2D eigenvalue weighted by atomic mass is 32.1. The van der Waals surface area contributed by atoms with Gasteiger partial charge in [0.2, 0.25) is 0 Å². The third-order valence-electron chi connectivity index (χ3n) is 3.50. The molecule has 0 amide bonds. The first-order valence-corrected chi connectivity index (χ1v) is 8.74. The van der Waals surface area contributed by atoms with Crippen molar-refractivity contribution in [2.24, 2.45) is 0 Å². The van der Waals surface area contributed by atoms with Gasteiger partial charge in [-0.05, 0) is 19.1 Å². The van der Waals surface area contributed by atoms with Gasteiger partial charge in [-0.15, -0.1) is 11.3 Å². The molecule has 0 bridgehead atoms. The van der Waals surface area contributed by atoms with Crippen LogP contribution in [0.1, 0.15) is 29.8 Å². The molecule has 0 atom stereocenters. The van der Waals surface area contributed by atoms with Crippen LogP contribution in [-0.2, 0) is 0 Å². The van der Waals surface area contributed by atoms with Crippen molar-refractivity contribution in [1.29, 1.82) is 0 Å². The van der Waals surface area contributed by atoms with E-state index in [1.807, 2.05) is 31.5 Å². The summed E-state index contributed by atoms with van der Waals surface area (Å²) in [5, 5.41) is 2.15. The Labute approximate surface area is 135 Å². The lowest BCUT2D eigenvalue weighted by Crippen LogP contribution is -1.87. The van der Waals surface area contributed by atoms with E-state index in [1.54, 1.807) is 22.7 Å². The van der Waals surface area contributed by atoms with E-state index in [4.69, 9.17) is 4.98 Å². The van der Waals surface area contributed by atoms with Gasteiger partial charge in [-0.2, -0.15) is 0 Å². The van der Waals surface area contributed by atoms with Crippen LogP contribution in [0.4, 0.5) is 0 Å². The number of aromatic nitrogens is 4. The lowest BCUT2D eigenvalue weighted by Gasteiger charge is -2.03. The van der Waals surface area contributed by atoms with Crippen LogP contribution in [0.25, 0.3) is 31.8 Å². The van der Waals surface area contributed by atoms with Gasteiger partial charge in [0, 0.05) is 29.4 Å². The van der Waals surface area contributed by atoms with Gasteiger partial charge in [0.15, 0.2) is 5.65 Å². The van der Waals surface area contributed by atoms with Crippen LogP contribution in [-0.4, -0.2) is 19.9 Å². The molecule has 0 spiro atoms. The van der Waals surface area contributed by atoms with Gasteiger partial charge in [0.1, 0.15) is 10.3 Å². The predicted octanol–water partition coefficient (Wildman–Crippen LogP) is 4.79. The summed E-state index contributed by atoms with van der Waals surface area (Å²) in [6.07, 6.45) is 3.68. The summed E-state index contributed by atoms with van der Waals surface area (Å²) in [5.74, 6) is 0.412. The van der Waals surface area contributed by atoms with Crippen molar-refractivity contribution in [3.05, 3.63) is 34.5 Å². The molecule has 4 rings (SSSR count). The summed E-state index contributed by atoms with van der Waals surface area (Å²) in [6, 6.07) is 4.08. The zero-order chi connectivity index (χ0) is 15.3. The molecule has 4 aromatic heterocycles. The van der Waals surface area contributed by atoms with Crippen LogP contribution in [0.15, 0.2) is 24.5 Å². The second kappa shape index (κ2) is 5.07. The van der Waals surface area contributed by atoms with Gasteiger partial charge in [0.25, 0.3) is 0 Å². The Bertz CT molecular complexity index is 984. The van der Waals surface area contributed by atoms with Crippen molar-refractivity contribution in [1.82, 2.24) is 19.9 Å². The maximum Gasteiger partial charge on any atom is 0.171 e. The zero-order valence-electron chi connectivity index (χ0n) is 12.5. The van der Waals surface area contributed by atoms with Crippen molar-refractivity contribution in [3.8, 4) is 11.1 Å². The second-order valence-electron chi connectivity index (χ2n) is 5.46. The number of nitrogens with zero attached hydrogens (tertiary/aromatic N) is 4. The average Bonchev–Trinajstić information content (AvgIpc) is 3.08. The van der Waals surface area contributed by atoms with E-state index in [9.17, 15) is 0 Å². The van der Waals surface area contributed by atoms with E-state index < -0.39 is 0 Å². The Kier molecular flexibility index (Phi) is 3.16. The summed E-state index contributed by atoms with van der Waals surface area (Å²) in [7, 11) is 0. The molecule has 0 aliphatic carbocycles. The largest absolute Gasteiger partial charge is 0.244 e. The number of hydrogen-bond acceptors (Lipinski definition) is 6. The number of aryl methyl sites for hydroxylation is 1. The van der Waals surface area contributed by atoms with Crippen molar-refractivity contribution in [3.63, 3.8) is 0 Å². The topological polar surface area (TPSA) is 51.6 Å². The molecule has 0 unspecified atom stereocenters. The highest BCUT2D eigenvalue weighted by Gasteiger charge is 2.16. The standard InChI is InChI=1S/C16H14N4S2/c1-8(2)15-20-12-10(4-7-18-16(12)22-15)11-5-6-17-14-13(11)21-9(3)19-14/h4-8H,1-3H3. The van der Waals surface area contributed by atoms with Crippen LogP contribution in [0.3, 0.4) is 0 Å². The van der Waals surface area contributed by atoms with Gasteiger partial charge in [-0.25, -0.2) is 19.9 Å². The number of pyridine rings is 2. The average molecular weight is 326 g/mol. The highest BCUT2D eigenvalue weighted by Crippen LogP contribution is 2.37. The highest BCUT2D eigenvalue weighted by molar-refractivity contribution is 7.19. The van der Waals surface area contributed by atoms with Crippen molar-refractivity contribution >= 4 is 43.4 Å². The minimum Gasteiger partial charge on any atom is -0.244 e. The third kappa shape index (κ3) is 2.10. The monoisotopic (exact) mass is 326 g/mol. The first-order chi connectivity index (χ1) is 10.6.